The highest BCUT2D eigenvalue weighted by Crippen LogP contribution is 2.32. The summed E-state index contributed by atoms with van der Waals surface area (Å²) in [5.41, 5.74) is 2.56. The monoisotopic (exact) mass is 552 g/mol. The van der Waals surface area contributed by atoms with Crippen LogP contribution >= 0.6 is 23.2 Å². The Morgan fingerprint density at radius 1 is 1.03 bits per heavy atom. The largest absolute Gasteiger partial charge is 0.347 e. The number of rotatable bonds is 9. The van der Waals surface area contributed by atoms with E-state index in [0.717, 1.165) is 23.1 Å². The molecule has 1 unspecified atom stereocenters. The highest BCUT2D eigenvalue weighted by molar-refractivity contribution is 7.86. The minimum atomic E-state index is -3.89. The van der Waals surface area contributed by atoms with Crippen LogP contribution in [0.15, 0.2) is 71.6 Å². The smallest absolute Gasteiger partial charge is 0.297 e. The molecule has 9 heteroatoms. The molecule has 1 aliphatic rings. The van der Waals surface area contributed by atoms with E-state index < -0.39 is 28.6 Å². The van der Waals surface area contributed by atoms with E-state index in [1.807, 2.05) is 13.0 Å². The van der Waals surface area contributed by atoms with Crippen LogP contribution in [0.3, 0.4) is 0 Å². The Morgan fingerprint density at radius 2 is 1.75 bits per heavy atom. The molecule has 5 nitrogen and oxygen atoms in total. The first-order chi connectivity index (χ1) is 17.2. The molecule has 3 aromatic carbocycles. The van der Waals surface area contributed by atoms with Gasteiger partial charge in [-0.25, -0.2) is 4.39 Å². The zero-order valence-electron chi connectivity index (χ0n) is 19.7. The van der Waals surface area contributed by atoms with E-state index in [9.17, 15) is 12.8 Å². The summed E-state index contributed by atoms with van der Waals surface area (Å²) in [5.74, 6) is -0.344. The molecule has 0 amide bonds. The molecule has 36 heavy (non-hydrogen) atoms. The van der Waals surface area contributed by atoms with Gasteiger partial charge >= 0.3 is 0 Å². The zero-order chi connectivity index (χ0) is 25.7. The van der Waals surface area contributed by atoms with Gasteiger partial charge in [0.15, 0.2) is 6.29 Å². The molecule has 1 heterocycles. The van der Waals surface area contributed by atoms with Crippen molar-refractivity contribution in [2.24, 2.45) is 0 Å². The highest BCUT2D eigenvalue weighted by atomic mass is 35.5. The summed E-state index contributed by atoms with van der Waals surface area (Å²) in [4.78, 5) is 0.105. The number of hydrogen-bond acceptors (Lipinski definition) is 5. The molecule has 0 aromatic heterocycles. The van der Waals surface area contributed by atoms with Gasteiger partial charge in [0, 0.05) is 16.5 Å². The van der Waals surface area contributed by atoms with Crippen LogP contribution < -0.4 is 0 Å². The molecule has 192 valence electrons. The minimum Gasteiger partial charge on any atom is -0.347 e. The number of ether oxygens (including phenoxy) is 2. The standard InChI is InChI=1S/C27H27Cl2FO5S/c1-18-5-13-24(14-6-18)36(31,32)33-17-23-3-2-4-27(34-23)35-26(19-8-11-22(30)12-9-19)15-20-7-10-21(28)16-25(20)29/h5-14,16,23,26-27H,2-4,15,17H2,1H3/t23-,26?,27+/m1/s1. The van der Waals surface area contributed by atoms with Crippen LogP contribution in [0.1, 0.15) is 42.1 Å². The van der Waals surface area contributed by atoms with Crippen molar-refractivity contribution in [2.45, 2.75) is 56.0 Å². The number of hydrogen-bond donors (Lipinski definition) is 0. The van der Waals surface area contributed by atoms with Crippen molar-refractivity contribution in [2.75, 3.05) is 6.61 Å². The van der Waals surface area contributed by atoms with Gasteiger partial charge in [-0.1, -0.05) is 59.1 Å². The van der Waals surface area contributed by atoms with Crippen LogP contribution in [-0.2, 0) is 30.2 Å². The van der Waals surface area contributed by atoms with Crippen molar-refractivity contribution in [3.8, 4) is 0 Å². The van der Waals surface area contributed by atoms with Crippen LogP contribution in [0, 0.1) is 12.7 Å². The van der Waals surface area contributed by atoms with Crippen LogP contribution in [-0.4, -0.2) is 27.4 Å². The molecule has 1 fully saturated rings. The number of halogens is 3. The van der Waals surface area contributed by atoms with Crippen LogP contribution in [0.4, 0.5) is 4.39 Å². The normalized spacial score (nSPS) is 19.2. The topological polar surface area (TPSA) is 61.8 Å². The summed E-state index contributed by atoms with van der Waals surface area (Å²) < 4.78 is 56.3. The van der Waals surface area contributed by atoms with Crippen molar-refractivity contribution < 1.29 is 26.5 Å². The highest BCUT2D eigenvalue weighted by Gasteiger charge is 2.29. The third kappa shape index (κ3) is 7.28. The second kappa shape index (κ2) is 12.0. The van der Waals surface area contributed by atoms with Crippen molar-refractivity contribution in [1.82, 2.24) is 0 Å². The predicted octanol–water partition coefficient (Wildman–Crippen LogP) is 7.04. The lowest BCUT2D eigenvalue weighted by molar-refractivity contribution is -0.220. The van der Waals surface area contributed by atoms with Gasteiger partial charge in [-0.3, -0.25) is 4.18 Å². The van der Waals surface area contributed by atoms with Crippen LogP contribution in [0.5, 0.6) is 0 Å². The summed E-state index contributed by atoms with van der Waals surface area (Å²) in [7, 11) is -3.89. The van der Waals surface area contributed by atoms with E-state index in [-0.39, 0.29) is 17.3 Å². The fourth-order valence-electron chi connectivity index (χ4n) is 4.02. The van der Waals surface area contributed by atoms with Gasteiger partial charge in [-0.15, -0.1) is 0 Å². The molecule has 0 radical (unpaired) electrons. The molecule has 0 N–H and O–H groups in total. The SMILES string of the molecule is Cc1ccc(S(=O)(=O)OC[C@H]2CCC[C@H](OC(Cc3ccc(Cl)cc3Cl)c3ccc(F)cc3)O2)cc1. The van der Waals surface area contributed by atoms with E-state index in [0.29, 0.717) is 29.3 Å². The Kier molecular flexibility index (Phi) is 9.04. The first kappa shape index (κ1) is 27.0. The number of aryl methyl sites for hydroxylation is 1. The summed E-state index contributed by atoms with van der Waals surface area (Å²) in [5, 5.41) is 1.04. The average molecular weight is 553 g/mol. The molecule has 1 saturated heterocycles. The predicted molar refractivity (Wildman–Crippen MR) is 137 cm³/mol. The van der Waals surface area contributed by atoms with Crippen LogP contribution in [0.2, 0.25) is 10.0 Å². The minimum absolute atomic E-state index is 0.105. The van der Waals surface area contributed by atoms with E-state index in [1.54, 1.807) is 36.4 Å². The lowest BCUT2D eigenvalue weighted by Gasteiger charge is -2.32. The molecular weight excluding hydrogens is 526 g/mol. The second-order valence-electron chi connectivity index (χ2n) is 8.79. The van der Waals surface area contributed by atoms with E-state index in [2.05, 4.69) is 0 Å². The van der Waals surface area contributed by atoms with Gasteiger partial charge in [0.2, 0.25) is 0 Å². The molecule has 0 bridgehead atoms. The zero-order valence-corrected chi connectivity index (χ0v) is 22.0. The Bertz CT molecular complexity index is 1270. The Labute approximate surface area is 221 Å². The van der Waals surface area contributed by atoms with Crippen molar-refractivity contribution >= 4 is 33.3 Å². The molecule has 4 rings (SSSR count). The van der Waals surface area contributed by atoms with Crippen molar-refractivity contribution in [3.63, 3.8) is 0 Å². The molecule has 0 spiro atoms. The maximum Gasteiger partial charge on any atom is 0.297 e. The van der Waals surface area contributed by atoms with Crippen molar-refractivity contribution in [1.29, 1.82) is 0 Å². The second-order valence-corrected chi connectivity index (χ2v) is 11.2. The lowest BCUT2D eigenvalue weighted by atomic mass is 10.0. The van der Waals surface area contributed by atoms with Gasteiger partial charge < -0.3 is 9.47 Å². The fraction of sp³-hybridized carbons (Fsp3) is 0.333. The molecule has 3 atom stereocenters. The molecule has 1 aliphatic heterocycles. The van der Waals surface area contributed by atoms with Gasteiger partial charge in [0.25, 0.3) is 10.1 Å². The molecule has 3 aromatic rings. The maximum atomic E-state index is 13.6. The van der Waals surface area contributed by atoms with Gasteiger partial charge in [0.1, 0.15) is 5.82 Å². The Hall–Kier alpha value is -2.00. The maximum absolute atomic E-state index is 13.6. The average Bonchev–Trinajstić information content (AvgIpc) is 2.85. The first-order valence-electron chi connectivity index (χ1n) is 11.7. The third-order valence-electron chi connectivity index (χ3n) is 6.01. The fourth-order valence-corrected chi connectivity index (χ4v) is 5.44. The van der Waals surface area contributed by atoms with Gasteiger partial charge in [-0.05, 0) is 73.7 Å². The van der Waals surface area contributed by atoms with Gasteiger partial charge in [-0.2, -0.15) is 8.42 Å². The van der Waals surface area contributed by atoms with E-state index >= 15 is 0 Å². The van der Waals surface area contributed by atoms with Crippen LogP contribution in [0.25, 0.3) is 0 Å². The first-order valence-corrected chi connectivity index (χ1v) is 13.8. The van der Waals surface area contributed by atoms with E-state index in [4.69, 9.17) is 36.9 Å². The molecule has 0 aliphatic carbocycles. The Balaban J connectivity index is 1.43. The number of benzene rings is 3. The lowest BCUT2D eigenvalue weighted by Crippen LogP contribution is -2.34. The molecular formula is C27H27Cl2FO5S. The molecule has 0 saturated carbocycles. The summed E-state index contributed by atoms with van der Waals surface area (Å²) >= 11 is 12.4. The van der Waals surface area contributed by atoms with Gasteiger partial charge in [0.05, 0.1) is 23.7 Å². The Morgan fingerprint density at radius 3 is 2.44 bits per heavy atom. The van der Waals surface area contributed by atoms with Crippen molar-refractivity contribution in [3.05, 3.63) is 99.3 Å². The summed E-state index contributed by atoms with van der Waals surface area (Å²) in [6, 6.07) is 17.8. The summed E-state index contributed by atoms with van der Waals surface area (Å²) in [6.07, 6.45) is 0.976. The third-order valence-corrected chi connectivity index (χ3v) is 7.89. The summed E-state index contributed by atoms with van der Waals surface area (Å²) in [6.45, 7) is 1.77. The quantitative estimate of drug-likeness (QED) is 0.266. The van der Waals surface area contributed by atoms with E-state index in [1.165, 1.54) is 24.3 Å².